The van der Waals surface area contributed by atoms with Crippen LogP contribution >= 0.6 is 0 Å². The van der Waals surface area contributed by atoms with Crippen molar-refractivity contribution in [3.05, 3.63) is 28.4 Å². The number of nitro groups is 1. The smallest absolute Gasteiger partial charge is 0.410 e. The molecule has 1 fully saturated rings. The van der Waals surface area contributed by atoms with E-state index in [0.29, 0.717) is 24.8 Å². The zero-order chi connectivity index (χ0) is 18.6. The fourth-order valence-corrected chi connectivity index (χ4v) is 2.90. The number of piperidine rings is 1. The molecule has 1 amide bonds. The normalized spacial score (nSPS) is 17.9. The molecule has 8 heteroatoms. The van der Waals surface area contributed by atoms with Gasteiger partial charge in [0.25, 0.3) is 5.69 Å². The van der Waals surface area contributed by atoms with E-state index in [1.54, 1.807) is 11.0 Å². The van der Waals surface area contributed by atoms with Gasteiger partial charge in [0.05, 0.1) is 4.92 Å². The zero-order valence-corrected chi connectivity index (χ0v) is 15.3. The van der Waals surface area contributed by atoms with Gasteiger partial charge in [-0.15, -0.1) is 0 Å². The van der Waals surface area contributed by atoms with Crippen molar-refractivity contribution in [1.29, 1.82) is 0 Å². The number of nitrogens with zero attached hydrogens (tertiary/aromatic N) is 4. The molecule has 1 aromatic heterocycles. The van der Waals surface area contributed by atoms with Crippen LogP contribution in [-0.4, -0.2) is 53.2 Å². The summed E-state index contributed by atoms with van der Waals surface area (Å²) in [6, 6.07) is 3.10. The average Bonchev–Trinajstić information content (AvgIpc) is 2.53. The third kappa shape index (κ3) is 5.58. The molecule has 2 rings (SSSR count). The van der Waals surface area contributed by atoms with E-state index in [-0.39, 0.29) is 11.8 Å². The van der Waals surface area contributed by atoms with Crippen LogP contribution in [-0.2, 0) is 4.74 Å². The van der Waals surface area contributed by atoms with Gasteiger partial charge in [0.1, 0.15) is 17.6 Å². The molecule has 1 atom stereocenters. The summed E-state index contributed by atoms with van der Waals surface area (Å²) in [4.78, 5) is 30.3. The van der Waals surface area contributed by atoms with Crippen LogP contribution in [0.2, 0.25) is 0 Å². The average molecular weight is 350 g/mol. The fourth-order valence-electron chi connectivity index (χ4n) is 2.90. The van der Waals surface area contributed by atoms with Crippen LogP contribution in [0.1, 0.15) is 33.6 Å². The Morgan fingerprint density at radius 1 is 1.48 bits per heavy atom. The van der Waals surface area contributed by atoms with E-state index in [4.69, 9.17) is 4.74 Å². The third-order valence-electron chi connectivity index (χ3n) is 4.04. The molecular formula is C17H26N4O4. The molecule has 138 valence electrons. The summed E-state index contributed by atoms with van der Waals surface area (Å²) in [6.07, 6.45) is 2.95. The maximum Gasteiger partial charge on any atom is 0.410 e. The third-order valence-corrected chi connectivity index (χ3v) is 4.04. The van der Waals surface area contributed by atoms with Gasteiger partial charge in [-0.2, -0.15) is 0 Å². The first-order chi connectivity index (χ1) is 11.7. The summed E-state index contributed by atoms with van der Waals surface area (Å²) in [5.74, 6) is 0.989. The molecule has 25 heavy (non-hydrogen) atoms. The molecule has 1 saturated heterocycles. The summed E-state index contributed by atoms with van der Waals surface area (Å²) in [5.41, 5.74) is -0.519. The standard InChI is InChI=1S/C17H26N4O4/c1-17(2,3)25-16(22)20-9-5-6-13(12-20)11-19(4)15-8-7-14(10-18-15)21(23)24/h7-8,10,13H,5-6,9,11-12H2,1-4H3/t13-/m1/s1. The number of rotatable bonds is 4. The van der Waals surface area contributed by atoms with Gasteiger partial charge in [-0.3, -0.25) is 10.1 Å². The minimum Gasteiger partial charge on any atom is -0.444 e. The van der Waals surface area contributed by atoms with E-state index in [0.717, 1.165) is 19.4 Å². The number of hydrogen-bond acceptors (Lipinski definition) is 6. The van der Waals surface area contributed by atoms with Crippen LogP contribution in [0.5, 0.6) is 0 Å². The van der Waals surface area contributed by atoms with Gasteiger partial charge < -0.3 is 14.5 Å². The van der Waals surface area contributed by atoms with Crippen LogP contribution in [0.3, 0.4) is 0 Å². The second-order valence-electron chi connectivity index (χ2n) is 7.45. The van der Waals surface area contributed by atoms with Gasteiger partial charge in [-0.1, -0.05) is 0 Å². The number of pyridine rings is 1. The Labute approximate surface area is 147 Å². The SMILES string of the molecule is CN(C[C@H]1CCCN(C(=O)OC(C)(C)C)C1)c1ccc([N+](=O)[O-])cn1. The summed E-state index contributed by atoms with van der Waals surface area (Å²) >= 11 is 0. The number of hydrogen-bond donors (Lipinski definition) is 0. The molecule has 0 bridgehead atoms. The number of anilines is 1. The first-order valence-corrected chi connectivity index (χ1v) is 8.45. The highest BCUT2D eigenvalue weighted by molar-refractivity contribution is 5.68. The molecule has 0 radical (unpaired) electrons. The lowest BCUT2D eigenvalue weighted by Crippen LogP contribution is -2.45. The molecule has 1 aliphatic rings. The maximum atomic E-state index is 12.2. The number of likely N-dealkylation sites (tertiary alicyclic amines) is 1. The Kier molecular flexibility index (Phi) is 5.81. The van der Waals surface area contributed by atoms with Gasteiger partial charge in [0, 0.05) is 32.7 Å². The maximum absolute atomic E-state index is 12.2. The minimum absolute atomic E-state index is 0.0223. The second-order valence-corrected chi connectivity index (χ2v) is 7.45. The first-order valence-electron chi connectivity index (χ1n) is 8.45. The lowest BCUT2D eigenvalue weighted by atomic mass is 9.98. The predicted molar refractivity (Wildman–Crippen MR) is 94.7 cm³/mol. The van der Waals surface area contributed by atoms with Crippen molar-refractivity contribution >= 4 is 17.6 Å². The Bertz CT molecular complexity index is 612. The number of aromatic nitrogens is 1. The van der Waals surface area contributed by atoms with Crippen molar-refractivity contribution in [2.24, 2.45) is 5.92 Å². The Morgan fingerprint density at radius 3 is 2.76 bits per heavy atom. The summed E-state index contributed by atoms with van der Waals surface area (Å²) in [6.45, 7) is 7.67. The molecule has 0 spiro atoms. The van der Waals surface area contributed by atoms with Crippen molar-refractivity contribution in [1.82, 2.24) is 9.88 Å². The first kappa shape index (κ1) is 19.0. The second kappa shape index (κ2) is 7.67. The largest absolute Gasteiger partial charge is 0.444 e. The molecule has 0 saturated carbocycles. The number of amides is 1. The fraction of sp³-hybridized carbons (Fsp3) is 0.647. The van der Waals surface area contributed by atoms with E-state index in [2.05, 4.69) is 4.98 Å². The van der Waals surface area contributed by atoms with Gasteiger partial charge >= 0.3 is 6.09 Å². The predicted octanol–water partition coefficient (Wildman–Crippen LogP) is 3.07. The quantitative estimate of drug-likeness (QED) is 0.612. The Hall–Kier alpha value is -2.38. The van der Waals surface area contributed by atoms with Crippen LogP contribution in [0.25, 0.3) is 0 Å². The molecule has 1 aliphatic heterocycles. The van der Waals surface area contributed by atoms with Crippen molar-refractivity contribution in [3.8, 4) is 0 Å². The van der Waals surface area contributed by atoms with E-state index in [1.165, 1.54) is 12.3 Å². The van der Waals surface area contributed by atoms with Crippen LogP contribution in [0.4, 0.5) is 16.3 Å². The summed E-state index contributed by atoms with van der Waals surface area (Å²) < 4.78 is 5.45. The van der Waals surface area contributed by atoms with Crippen LogP contribution in [0.15, 0.2) is 18.3 Å². The topological polar surface area (TPSA) is 88.8 Å². The van der Waals surface area contributed by atoms with Crippen LogP contribution < -0.4 is 4.90 Å². The van der Waals surface area contributed by atoms with E-state index >= 15 is 0 Å². The molecule has 0 N–H and O–H groups in total. The molecule has 8 nitrogen and oxygen atoms in total. The van der Waals surface area contributed by atoms with Gasteiger partial charge in [-0.25, -0.2) is 9.78 Å². The summed E-state index contributed by atoms with van der Waals surface area (Å²) in [7, 11) is 1.90. The van der Waals surface area contributed by atoms with E-state index in [9.17, 15) is 14.9 Å². The molecule has 0 unspecified atom stereocenters. The van der Waals surface area contributed by atoms with Crippen molar-refractivity contribution < 1.29 is 14.5 Å². The number of ether oxygens (including phenoxy) is 1. The molecule has 2 heterocycles. The monoisotopic (exact) mass is 350 g/mol. The van der Waals surface area contributed by atoms with Gasteiger partial charge in [-0.05, 0) is 45.6 Å². The number of carbonyl (C=O) groups excluding carboxylic acids is 1. The molecular weight excluding hydrogens is 324 g/mol. The zero-order valence-electron chi connectivity index (χ0n) is 15.3. The molecule has 1 aromatic rings. The Morgan fingerprint density at radius 2 is 2.20 bits per heavy atom. The Balaban J connectivity index is 1.93. The highest BCUT2D eigenvalue weighted by atomic mass is 16.6. The highest BCUT2D eigenvalue weighted by Gasteiger charge is 2.28. The number of carbonyl (C=O) groups is 1. The molecule has 0 aliphatic carbocycles. The summed E-state index contributed by atoms with van der Waals surface area (Å²) in [5, 5.41) is 10.7. The van der Waals surface area contributed by atoms with Gasteiger partial charge in [0.15, 0.2) is 0 Å². The lowest BCUT2D eigenvalue weighted by molar-refractivity contribution is -0.385. The lowest BCUT2D eigenvalue weighted by Gasteiger charge is -2.35. The highest BCUT2D eigenvalue weighted by Crippen LogP contribution is 2.22. The van der Waals surface area contributed by atoms with Gasteiger partial charge in [0.2, 0.25) is 0 Å². The van der Waals surface area contributed by atoms with Crippen molar-refractivity contribution in [2.45, 2.75) is 39.2 Å². The minimum atomic E-state index is -0.497. The van der Waals surface area contributed by atoms with Crippen molar-refractivity contribution in [3.63, 3.8) is 0 Å². The molecule has 0 aromatic carbocycles. The van der Waals surface area contributed by atoms with Crippen molar-refractivity contribution in [2.75, 3.05) is 31.6 Å². The van der Waals surface area contributed by atoms with Crippen LogP contribution in [0, 0.1) is 16.0 Å². The van der Waals surface area contributed by atoms with E-state index in [1.807, 2.05) is 32.7 Å². The van der Waals surface area contributed by atoms with E-state index < -0.39 is 10.5 Å².